The lowest BCUT2D eigenvalue weighted by molar-refractivity contribution is 0.0926. The lowest BCUT2D eigenvalue weighted by Crippen LogP contribution is -2.48. The number of Topliss-reactive ketones (excluding diaryl/α,β-unsaturated/α-hetero) is 1. The molecule has 28 heavy (non-hydrogen) atoms. The van der Waals surface area contributed by atoms with Crippen molar-refractivity contribution in [1.29, 1.82) is 0 Å². The van der Waals surface area contributed by atoms with Crippen LogP contribution >= 0.6 is 0 Å². The summed E-state index contributed by atoms with van der Waals surface area (Å²) >= 11 is 0. The van der Waals surface area contributed by atoms with Crippen LogP contribution in [-0.2, 0) is 0 Å². The van der Waals surface area contributed by atoms with Gasteiger partial charge in [-0.25, -0.2) is 0 Å². The molecule has 1 heterocycles. The molecule has 1 fully saturated rings. The van der Waals surface area contributed by atoms with Crippen molar-refractivity contribution >= 4 is 11.5 Å². The summed E-state index contributed by atoms with van der Waals surface area (Å²) in [5.41, 5.74) is 5.68. The van der Waals surface area contributed by atoms with Crippen molar-refractivity contribution in [2.75, 3.05) is 37.6 Å². The molecular weight excluding hydrogens is 344 g/mol. The summed E-state index contributed by atoms with van der Waals surface area (Å²) in [5, 5.41) is 0. The van der Waals surface area contributed by atoms with Crippen LogP contribution in [0, 0.1) is 6.92 Å². The fourth-order valence-electron chi connectivity index (χ4n) is 3.76. The molecule has 0 amide bonds. The Hall–Kier alpha value is -2.91. The molecule has 0 radical (unpaired) electrons. The minimum absolute atomic E-state index is 0.198. The zero-order chi connectivity index (χ0) is 19.3. The highest BCUT2D eigenvalue weighted by molar-refractivity contribution is 5.98. The number of ketones is 1. The number of anilines is 1. The van der Waals surface area contributed by atoms with E-state index in [0.29, 0.717) is 6.54 Å². The zero-order valence-corrected chi connectivity index (χ0v) is 16.3. The van der Waals surface area contributed by atoms with Crippen molar-refractivity contribution in [2.24, 2.45) is 0 Å². The number of carbonyl (C=O) groups excluding carboxylic acids is 1. The number of benzene rings is 3. The number of carbonyl (C=O) groups is 1. The summed E-state index contributed by atoms with van der Waals surface area (Å²) < 4.78 is 0. The number of rotatable bonds is 5. The molecule has 1 saturated heterocycles. The fourth-order valence-corrected chi connectivity index (χ4v) is 3.76. The predicted octanol–water partition coefficient (Wildman–Crippen LogP) is 4.67. The van der Waals surface area contributed by atoms with E-state index in [1.807, 2.05) is 42.5 Å². The van der Waals surface area contributed by atoms with E-state index in [9.17, 15) is 4.79 Å². The van der Waals surface area contributed by atoms with Gasteiger partial charge in [-0.15, -0.1) is 0 Å². The standard InChI is InChI=1S/C25H26N2O/c1-20-6-5-9-24(18-20)27-16-14-26(15-17-27)19-25(28)23-12-10-22(11-13-23)21-7-3-2-4-8-21/h2-13,18H,14-17,19H2,1H3. The Kier molecular flexibility index (Phi) is 5.54. The molecule has 0 aliphatic carbocycles. The number of aryl methyl sites for hydroxylation is 1. The molecule has 0 aromatic heterocycles. The Morgan fingerprint density at radius 1 is 0.786 bits per heavy atom. The molecule has 3 aromatic carbocycles. The summed E-state index contributed by atoms with van der Waals surface area (Å²) in [7, 11) is 0. The van der Waals surface area contributed by atoms with Crippen LogP contribution in [-0.4, -0.2) is 43.4 Å². The number of nitrogens with zero attached hydrogens (tertiary/aromatic N) is 2. The Labute approximate surface area is 167 Å². The SMILES string of the molecule is Cc1cccc(N2CCN(CC(=O)c3ccc(-c4ccccc4)cc3)CC2)c1. The van der Waals surface area contributed by atoms with Crippen molar-refractivity contribution in [2.45, 2.75) is 6.92 Å². The van der Waals surface area contributed by atoms with E-state index in [2.05, 4.69) is 53.1 Å². The molecule has 142 valence electrons. The van der Waals surface area contributed by atoms with Gasteiger partial charge in [-0.1, -0.05) is 66.7 Å². The third-order valence-electron chi connectivity index (χ3n) is 5.42. The average molecular weight is 370 g/mol. The number of hydrogen-bond donors (Lipinski definition) is 0. The molecule has 0 bridgehead atoms. The maximum absolute atomic E-state index is 12.7. The molecular formula is C25H26N2O. The maximum atomic E-state index is 12.7. The van der Waals surface area contributed by atoms with Crippen LogP contribution in [0.1, 0.15) is 15.9 Å². The molecule has 3 aromatic rings. The monoisotopic (exact) mass is 370 g/mol. The van der Waals surface area contributed by atoms with E-state index >= 15 is 0 Å². The number of hydrogen-bond acceptors (Lipinski definition) is 3. The van der Waals surface area contributed by atoms with Gasteiger partial charge < -0.3 is 4.90 Å². The fraction of sp³-hybridized carbons (Fsp3) is 0.240. The molecule has 0 N–H and O–H groups in total. The Bertz CT molecular complexity index is 926. The maximum Gasteiger partial charge on any atom is 0.176 e. The topological polar surface area (TPSA) is 23.6 Å². The zero-order valence-electron chi connectivity index (χ0n) is 16.3. The third kappa shape index (κ3) is 4.32. The van der Waals surface area contributed by atoms with Crippen molar-refractivity contribution in [3.05, 3.63) is 90.0 Å². The van der Waals surface area contributed by atoms with Gasteiger partial charge in [0.15, 0.2) is 5.78 Å². The van der Waals surface area contributed by atoms with E-state index < -0.39 is 0 Å². The van der Waals surface area contributed by atoms with Crippen LogP contribution in [0.25, 0.3) is 11.1 Å². The van der Waals surface area contributed by atoms with Crippen LogP contribution in [0.15, 0.2) is 78.9 Å². The Morgan fingerprint density at radius 3 is 2.14 bits per heavy atom. The van der Waals surface area contributed by atoms with Crippen molar-refractivity contribution in [3.8, 4) is 11.1 Å². The first-order valence-electron chi connectivity index (χ1n) is 9.92. The normalized spacial score (nSPS) is 14.8. The van der Waals surface area contributed by atoms with E-state index in [-0.39, 0.29) is 5.78 Å². The summed E-state index contributed by atoms with van der Waals surface area (Å²) in [6.45, 7) is 6.38. The van der Waals surface area contributed by atoms with Gasteiger partial charge in [0.2, 0.25) is 0 Å². The van der Waals surface area contributed by atoms with Gasteiger partial charge in [0.05, 0.1) is 6.54 Å². The van der Waals surface area contributed by atoms with Gasteiger partial charge in [0, 0.05) is 37.4 Å². The first-order valence-corrected chi connectivity index (χ1v) is 9.92. The third-order valence-corrected chi connectivity index (χ3v) is 5.42. The van der Waals surface area contributed by atoms with Gasteiger partial charge in [-0.3, -0.25) is 9.69 Å². The highest BCUT2D eigenvalue weighted by Crippen LogP contribution is 2.20. The molecule has 1 aliphatic heterocycles. The van der Waals surface area contributed by atoms with E-state index in [1.165, 1.54) is 16.8 Å². The Morgan fingerprint density at radius 2 is 1.46 bits per heavy atom. The van der Waals surface area contributed by atoms with Gasteiger partial charge in [-0.05, 0) is 35.7 Å². The second kappa shape index (κ2) is 8.41. The quantitative estimate of drug-likeness (QED) is 0.610. The molecule has 0 atom stereocenters. The van der Waals surface area contributed by atoms with Crippen LogP contribution < -0.4 is 4.90 Å². The van der Waals surface area contributed by atoms with Crippen LogP contribution in [0.3, 0.4) is 0 Å². The summed E-state index contributed by atoms with van der Waals surface area (Å²) in [6, 6.07) is 26.9. The van der Waals surface area contributed by atoms with E-state index in [4.69, 9.17) is 0 Å². The van der Waals surface area contributed by atoms with Crippen molar-refractivity contribution < 1.29 is 4.79 Å². The predicted molar refractivity (Wildman–Crippen MR) is 116 cm³/mol. The lowest BCUT2D eigenvalue weighted by Gasteiger charge is -2.35. The Balaban J connectivity index is 1.33. The first kappa shape index (κ1) is 18.5. The smallest absolute Gasteiger partial charge is 0.176 e. The highest BCUT2D eigenvalue weighted by atomic mass is 16.1. The largest absolute Gasteiger partial charge is 0.369 e. The average Bonchev–Trinajstić information content (AvgIpc) is 2.75. The second-order valence-corrected chi connectivity index (χ2v) is 7.47. The van der Waals surface area contributed by atoms with Crippen LogP contribution in [0.5, 0.6) is 0 Å². The van der Waals surface area contributed by atoms with Gasteiger partial charge in [-0.2, -0.15) is 0 Å². The minimum atomic E-state index is 0.198. The summed E-state index contributed by atoms with van der Waals surface area (Å²) in [4.78, 5) is 17.4. The molecule has 0 saturated carbocycles. The van der Waals surface area contributed by atoms with E-state index in [1.54, 1.807) is 0 Å². The second-order valence-electron chi connectivity index (χ2n) is 7.47. The molecule has 4 rings (SSSR count). The molecule has 0 unspecified atom stereocenters. The van der Waals surface area contributed by atoms with Crippen molar-refractivity contribution in [3.63, 3.8) is 0 Å². The summed E-state index contributed by atoms with van der Waals surface area (Å²) in [5.74, 6) is 0.198. The molecule has 3 heteroatoms. The van der Waals surface area contributed by atoms with Crippen molar-refractivity contribution in [1.82, 2.24) is 4.90 Å². The molecule has 3 nitrogen and oxygen atoms in total. The lowest BCUT2D eigenvalue weighted by atomic mass is 10.0. The highest BCUT2D eigenvalue weighted by Gasteiger charge is 2.20. The minimum Gasteiger partial charge on any atom is -0.369 e. The van der Waals surface area contributed by atoms with Crippen LogP contribution in [0.4, 0.5) is 5.69 Å². The summed E-state index contributed by atoms with van der Waals surface area (Å²) in [6.07, 6.45) is 0. The van der Waals surface area contributed by atoms with E-state index in [0.717, 1.165) is 37.3 Å². The number of piperazine rings is 1. The van der Waals surface area contributed by atoms with Gasteiger partial charge in [0.1, 0.15) is 0 Å². The van der Waals surface area contributed by atoms with Gasteiger partial charge in [0.25, 0.3) is 0 Å². The molecule has 0 spiro atoms. The van der Waals surface area contributed by atoms with Crippen LogP contribution in [0.2, 0.25) is 0 Å². The van der Waals surface area contributed by atoms with Gasteiger partial charge >= 0.3 is 0 Å². The first-order chi connectivity index (χ1) is 13.7. The molecule has 1 aliphatic rings.